The van der Waals surface area contributed by atoms with E-state index in [4.69, 9.17) is 28.0 Å². The maximum atomic E-state index is 13.6. The van der Waals surface area contributed by atoms with Crippen molar-refractivity contribution in [2.75, 3.05) is 41.4 Å². The molecule has 2 aliphatic carbocycles. The monoisotopic (exact) mass is 766 g/mol. The van der Waals surface area contributed by atoms with Gasteiger partial charge in [0.2, 0.25) is 5.78 Å². The van der Waals surface area contributed by atoms with E-state index in [9.17, 15) is 20.1 Å². The van der Waals surface area contributed by atoms with Crippen LogP contribution in [0.25, 0.3) is 0 Å². The molecule has 9 atom stereocenters. The van der Waals surface area contributed by atoms with Crippen LogP contribution in [0.4, 0.5) is 0 Å². The van der Waals surface area contributed by atoms with Crippen molar-refractivity contribution in [1.82, 2.24) is 20.1 Å². The SMILES string of the molecule is CN(C)[C@@H]1c2onc(OCc3ccccc3)c2C(=O)[C@@]23O[C@@H](C=C2CO)C[C@@H]13.CN(C)[C@@H]1c2onc(OCc3ccccc3)c2C(O)C23OC(C=C2CO)C[C@@H]13. The van der Waals surface area contributed by atoms with Crippen LogP contribution < -0.4 is 9.47 Å². The highest BCUT2D eigenvalue weighted by molar-refractivity contribution is 6.09. The summed E-state index contributed by atoms with van der Waals surface area (Å²) in [5.41, 5.74) is 2.06. The van der Waals surface area contributed by atoms with Gasteiger partial charge in [-0.1, -0.05) is 72.8 Å². The molecule has 4 bridgehead atoms. The Morgan fingerprint density at radius 1 is 0.732 bits per heavy atom. The van der Waals surface area contributed by atoms with Crippen molar-refractivity contribution < 1.29 is 48.1 Å². The summed E-state index contributed by atoms with van der Waals surface area (Å²) < 4.78 is 35.5. The molecule has 56 heavy (non-hydrogen) atoms. The number of aliphatic hydroxyl groups is 3. The summed E-state index contributed by atoms with van der Waals surface area (Å²) in [6.07, 6.45) is 4.02. The fourth-order valence-electron chi connectivity index (χ4n) is 10.1. The topological polar surface area (TPSA) is 173 Å². The van der Waals surface area contributed by atoms with Crippen LogP contribution in [-0.2, 0) is 22.7 Å². The Morgan fingerprint density at radius 3 is 1.89 bits per heavy atom. The molecule has 3 N–H and O–H groups in total. The third kappa shape index (κ3) is 5.46. The number of nitrogens with zero attached hydrogens (tertiary/aromatic N) is 4. The lowest BCUT2D eigenvalue weighted by molar-refractivity contribution is -0.116. The number of hydrogen-bond acceptors (Lipinski definition) is 14. The van der Waals surface area contributed by atoms with Gasteiger partial charge in [-0.2, -0.15) is 0 Å². The fourth-order valence-corrected chi connectivity index (χ4v) is 10.1. The van der Waals surface area contributed by atoms with E-state index in [1.165, 1.54) is 0 Å². The highest BCUT2D eigenvalue weighted by atomic mass is 16.6. The van der Waals surface area contributed by atoms with Crippen molar-refractivity contribution in [2.45, 2.75) is 67.7 Å². The molecule has 4 aliphatic heterocycles. The van der Waals surface area contributed by atoms with E-state index in [1.54, 1.807) is 0 Å². The average molecular weight is 767 g/mol. The highest BCUT2D eigenvalue weighted by Crippen LogP contribution is 2.64. The molecule has 4 aromatic rings. The summed E-state index contributed by atoms with van der Waals surface area (Å²) in [5, 5.41) is 39.4. The molecule has 0 amide bonds. The summed E-state index contributed by atoms with van der Waals surface area (Å²) >= 11 is 0. The molecular formula is C42H46N4O10. The van der Waals surface area contributed by atoms with Crippen LogP contribution in [0.3, 0.4) is 0 Å². The van der Waals surface area contributed by atoms with Gasteiger partial charge in [0.05, 0.1) is 43.1 Å². The van der Waals surface area contributed by atoms with Crippen molar-refractivity contribution in [1.29, 1.82) is 0 Å². The van der Waals surface area contributed by atoms with Crippen LogP contribution in [0.1, 0.15) is 69.6 Å². The van der Waals surface area contributed by atoms with Gasteiger partial charge in [0, 0.05) is 11.8 Å². The van der Waals surface area contributed by atoms with Crippen LogP contribution in [0.2, 0.25) is 0 Å². The molecule has 14 nitrogen and oxygen atoms in total. The molecule has 0 radical (unpaired) electrons. The maximum Gasteiger partial charge on any atom is 0.265 e. The Kier molecular flexibility index (Phi) is 9.27. The number of hydrogen-bond donors (Lipinski definition) is 3. The molecule has 294 valence electrons. The average Bonchev–Trinajstić information content (AvgIpc) is 4.06. The first-order valence-corrected chi connectivity index (χ1v) is 19.0. The Balaban J connectivity index is 0.000000146. The number of benzene rings is 2. The summed E-state index contributed by atoms with van der Waals surface area (Å²) in [6.45, 7) is 0.245. The lowest BCUT2D eigenvalue weighted by atomic mass is 9.64. The first-order chi connectivity index (χ1) is 27.1. The van der Waals surface area contributed by atoms with Crippen molar-refractivity contribution >= 4 is 5.78 Å². The van der Waals surface area contributed by atoms with Crippen molar-refractivity contribution in [2.24, 2.45) is 11.8 Å². The van der Waals surface area contributed by atoms with E-state index in [1.807, 2.05) is 106 Å². The summed E-state index contributed by atoms with van der Waals surface area (Å²) in [7, 11) is 7.83. The number of aromatic nitrogens is 2. The van der Waals surface area contributed by atoms with Crippen molar-refractivity contribution in [3.8, 4) is 11.8 Å². The van der Waals surface area contributed by atoms with E-state index < -0.39 is 17.3 Å². The molecule has 2 aromatic heterocycles. The molecule has 3 unspecified atom stereocenters. The quantitative estimate of drug-likeness (QED) is 0.197. The maximum absolute atomic E-state index is 13.6. The number of aliphatic hydroxyl groups excluding tert-OH is 3. The molecule has 2 spiro atoms. The van der Waals surface area contributed by atoms with E-state index in [-0.39, 0.29) is 73.5 Å². The Hall–Kier alpha value is -4.67. The molecule has 6 aliphatic rings. The second-order valence-corrected chi connectivity index (χ2v) is 15.8. The lowest BCUT2D eigenvalue weighted by Crippen LogP contribution is -2.53. The second kappa shape index (κ2) is 14.1. The normalized spacial score (nSPS) is 31.7. The molecule has 10 rings (SSSR count). The molecule has 0 saturated carbocycles. The van der Waals surface area contributed by atoms with Crippen LogP contribution in [0.5, 0.6) is 11.8 Å². The number of Topliss-reactive ketones (excluding diaryl/α,β-unsaturated/α-hetero) is 1. The Bertz CT molecular complexity index is 2170. The van der Waals surface area contributed by atoms with Gasteiger partial charge in [0.1, 0.15) is 30.5 Å². The van der Waals surface area contributed by atoms with Gasteiger partial charge in [-0.15, -0.1) is 0 Å². The zero-order chi connectivity index (χ0) is 38.9. The van der Waals surface area contributed by atoms with Crippen molar-refractivity contribution in [3.05, 3.63) is 118 Å². The summed E-state index contributed by atoms with van der Waals surface area (Å²) in [5.74, 6) is 1.20. The van der Waals surface area contributed by atoms with E-state index in [0.717, 1.165) is 23.1 Å². The summed E-state index contributed by atoms with van der Waals surface area (Å²) in [4.78, 5) is 17.7. The predicted octanol–water partition coefficient (Wildman–Crippen LogP) is 4.11. The van der Waals surface area contributed by atoms with Crippen LogP contribution in [-0.4, -0.2) is 106 Å². The third-order valence-corrected chi connectivity index (χ3v) is 12.3. The Morgan fingerprint density at radius 2 is 1.27 bits per heavy atom. The minimum absolute atomic E-state index is 0.0305. The van der Waals surface area contributed by atoms with Crippen molar-refractivity contribution in [3.63, 3.8) is 0 Å². The number of carbonyl (C=O) groups excluding carboxylic acids is 1. The number of ether oxygens (including phenoxy) is 4. The zero-order valence-corrected chi connectivity index (χ0v) is 31.7. The first-order valence-electron chi connectivity index (χ1n) is 19.0. The van der Waals surface area contributed by atoms with Crippen LogP contribution in [0, 0.1) is 11.8 Å². The van der Waals surface area contributed by atoms with Crippen LogP contribution in [0.15, 0.2) is 93.0 Å². The molecule has 14 heteroatoms. The number of carbonyl (C=O) groups is 1. The largest absolute Gasteiger partial charge is 0.470 e. The van der Waals surface area contributed by atoms with Gasteiger partial charge in [-0.25, -0.2) is 0 Å². The van der Waals surface area contributed by atoms with E-state index in [2.05, 4.69) is 15.2 Å². The first kappa shape index (κ1) is 36.9. The van der Waals surface area contributed by atoms with Crippen LogP contribution >= 0.6 is 0 Å². The fraction of sp³-hybridized carbons (Fsp3) is 0.452. The van der Waals surface area contributed by atoms with Gasteiger partial charge >= 0.3 is 0 Å². The lowest BCUT2D eigenvalue weighted by Gasteiger charge is -2.46. The highest BCUT2D eigenvalue weighted by Gasteiger charge is 2.68. The zero-order valence-electron chi connectivity index (χ0n) is 31.7. The smallest absolute Gasteiger partial charge is 0.265 e. The molecular weight excluding hydrogens is 720 g/mol. The molecule has 6 heterocycles. The minimum atomic E-state index is -1.15. The standard InChI is InChI=1S/C21H24N2O5.C21H22N2O5/c2*1-23(2)17-15-9-14-8-13(10-24)21(15,27-14)19(25)16-18(17)28-22-20(16)26-11-12-6-4-3-5-7-12/h3-8,14-15,17,19,24-25H,9-11H2,1-2H3;3-8,14-15,17,24H,9-11H2,1-2H3/t14?,15-,17-,19?,21?;14-,15-,17-,21+/m00/s1. The van der Waals surface area contributed by atoms with E-state index in [0.29, 0.717) is 41.2 Å². The molecule has 2 aromatic carbocycles. The number of rotatable bonds is 10. The minimum Gasteiger partial charge on any atom is -0.470 e. The van der Waals surface area contributed by atoms with Gasteiger partial charge in [0.15, 0.2) is 17.1 Å². The van der Waals surface area contributed by atoms with Gasteiger partial charge in [-0.05, 0) is 73.6 Å². The Labute approximate surface area is 323 Å². The van der Waals surface area contributed by atoms with Gasteiger partial charge in [-0.3, -0.25) is 14.6 Å². The molecule has 2 saturated heterocycles. The second-order valence-electron chi connectivity index (χ2n) is 15.8. The number of ketones is 1. The molecule has 2 fully saturated rings. The van der Waals surface area contributed by atoms with Gasteiger partial charge < -0.3 is 43.3 Å². The van der Waals surface area contributed by atoms with E-state index >= 15 is 0 Å². The number of fused-ring (bicyclic) bond motifs is 4. The predicted molar refractivity (Wildman–Crippen MR) is 198 cm³/mol. The third-order valence-electron chi connectivity index (χ3n) is 12.3. The van der Waals surface area contributed by atoms with Gasteiger partial charge in [0.25, 0.3) is 11.8 Å². The summed E-state index contributed by atoms with van der Waals surface area (Å²) in [6, 6.07) is 19.1.